The summed E-state index contributed by atoms with van der Waals surface area (Å²) < 4.78 is 5.26. The van der Waals surface area contributed by atoms with E-state index < -0.39 is 0 Å². The molecule has 0 aromatic heterocycles. The lowest BCUT2D eigenvalue weighted by atomic mass is 10.0. The van der Waals surface area contributed by atoms with E-state index in [1.54, 1.807) is 7.11 Å². The average Bonchev–Trinajstić information content (AvgIpc) is 2.54. The maximum atomic E-state index is 5.26. The van der Waals surface area contributed by atoms with Gasteiger partial charge in [0.25, 0.3) is 0 Å². The Bertz CT molecular complexity index is 171. The van der Waals surface area contributed by atoms with Gasteiger partial charge in [0.2, 0.25) is 0 Å². The first-order valence-corrected chi connectivity index (χ1v) is 5.48. The molecule has 0 amide bonds. The monoisotopic (exact) mass is 200 g/mol. The Morgan fingerprint density at radius 3 is 2.79 bits per heavy atom. The number of hydrogen-bond acceptors (Lipinski definition) is 3. The van der Waals surface area contributed by atoms with Crippen LogP contribution in [-0.2, 0) is 4.74 Å². The molecule has 1 atom stereocenters. The molecule has 1 heterocycles. The first kappa shape index (κ1) is 12.0. The molecule has 1 rings (SSSR count). The predicted octanol–water partition coefficient (Wildman–Crippen LogP) is 0.953. The highest BCUT2D eigenvalue weighted by molar-refractivity contribution is 4.88. The fourth-order valence-electron chi connectivity index (χ4n) is 2.28. The number of ether oxygens (including phenoxy) is 1. The van der Waals surface area contributed by atoms with E-state index in [1.165, 1.54) is 19.5 Å². The molecule has 0 spiro atoms. The normalized spacial score (nSPS) is 24.4. The van der Waals surface area contributed by atoms with Crippen LogP contribution >= 0.6 is 0 Å². The van der Waals surface area contributed by atoms with Crippen LogP contribution in [0.1, 0.15) is 20.3 Å². The van der Waals surface area contributed by atoms with Crippen molar-refractivity contribution < 1.29 is 4.74 Å². The van der Waals surface area contributed by atoms with Crippen LogP contribution in [-0.4, -0.2) is 50.8 Å². The molecule has 14 heavy (non-hydrogen) atoms. The molecule has 0 radical (unpaired) electrons. The Balaban J connectivity index is 2.40. The van der Waals surface area contributed by atoms with E-state index in [2.05, 4.69) is 24.1 Å². The van der Waals surface area contributed by atoms with Crippen LogP contribution in [0.4, 0.5) is 0 Å². The number of nitrogens with one attached hydrogen (secondary N) is 1. The van der Waals surface area contributed by atoms with E-state index in [9.17, 15) is 0 Å². The highest BCUT2D eigenvalue weighted by atomic mass is 16.5. The van der Waals surface area contributed by atoms with Gasteiger partial charge in [0.1, 0.15) is 0 Å². The van der Waals surface area contributed by atoms with E-state index in [4.69, 9.17) is 4.74 Å². The quantitative estimate of drug-likeness (QED) is 0.715. The van der Waals surface area contributed by atoms with Gasteiger partial charge in [-0.15, -0.1) is 0 Å². The summed E-state index contributed by atoms with van der Waals surface area (Å²) in [6.07, 6.45) is 1.31. The molecular formula is C11H24N2O. The predicted molar refractivity (Wildman–Crippen MR) is 59.6 cm³/mol. The zero-order chi connectivity index (χ0) is 10.6. The average molecular weight is 200 g/mol. The van der Waals surface area contributed by atoms with Crippen LogP contribution in [0, 0.1) is 5.92 Å². The number of likely N-dealkylation sites (tertiary alicyclic amines) is 1. The lowest BCUT2D eigenvalue weighted by Gasteiger charge is -2.35. The highest BCUT2D eigenvalue weighted by Crippen LogP contribution is 2.24. The minimum absolute atomic E-state index is 0.192. The van der Waals surface area contributed by atoms with Crippen LogP contribution in [0.3, 0.4) is 0 Å². The van der Waals surface area contributed by atoms with Crippen molar-refractivity contribution in [2.75, 3.05) is 40.4 Å². The molecule has 1 saturated heterocycles. The molecule has 1 fully saturated rings. The minimum atomic E-state index is 0.192. The summed E-state index contributed by atoms with van der Waals surface area (Å²) >= 11 is 0. The van der Waals surface area contributed by atoms with Crippen LogP contribution in [0.2, 0.25) is 0 Å². The Hall–Kier alpha value is -0.120. The standard InChI is InChI=1S/C11H24N2O/c1-11(2,9-14-4)13-6-5-10(8-13)7-12-3/h10,12H,5-9H2,1-4H3. The second-order valence-electron chi connectivity index (χ2n) is 4.90. The summed E-state index contributed by atoms with van der Waals surface area (Å²) in [6.45, 7) is 8.90. The molecule has 0 aromatic rings. The van der Waals surface area contributed by atoms with E-state index >= 15 is 0 Å². The molecule has 0 aromatic carbocycles. The smallest absolute Gasteiger partial charge is 0.0641 e. The van der Waals surface area contributed by atoms with E-state index in [-0.39, 0.29) is 5.54 Å². The SMILES string of the molecule is CNCC1CCN(C(C)(C)COC)C1. The summed E-state index contributed by atoms with van der Waals surface area (Å²) in [6, 6.07) is 0. The maximum absolute atomic E-state index is 5.26. The number of methoxy groups -OCH3 is 1. The third-order valence-electron chi connectivity index (χ3n) is 3.13. The van der Waals surface area contributed by atoms with Crippen molar-refractivity contribution in [3.05, 3.63) is 0 Å². The van der Waals surface area contributed by atoms with Crippen molar-refractivity contribution in [2.45, 2.75) is 25.8 Å². The van der Waals surface area contributed by atoms with Crippen LogP contribution < -0.4 is 5.32 Å². The molecular weight excluding hydrogens is 176 g/mol. The topological polar surface area (TPSA) is 24.5 Å². The molecule has 0 aliphatic carbocycles. The van der Waals surface area contributed by atoms with E-state index in [1.807, 2.05) is 7.05 Å². The first-order chi connectivity index (χ1) is 6.60. The van der Waals surface area contributed by atoms with E-state index in [0.29, 0.717) is 0 Å². The molecule has 1 aliphatic rings. The van der Waals surface area contributed by atoms with E-state index in [0.717, 1.165) is 19.1 Å². The third kappa shape index (κ3) is 2.94. The zero-order valence-electron chi connectivity index (χ0n) is 9.97. The fraction of sp³-hybridized carbons (Fsp3) is 1.00. The van der Waals surface area contributed by atoms with Crippen molar-refractivity contribution >= 4 is 0 Å². The highest BCUT2D eigenvalue weighted by Gasteiger charge is 2.32. The number of rotatable bonds is 5. The molecule has 1 unspecified atom stereocenters. The van der Waals surface area contributed by atoms with Gasteiger partial charge in [-0.1, -0.05) is 0 Å². The molecule has 1 N–H and O–H groups in total. The Morgan fingerprint density at radius 1 is 1.50 bits per heavy atom. The van der Waals surface area contributed by atoms with Crippen LogP contribution in [0.25, 0.3) is 0 Å². The van der Waals surface area contributed by atoms with Gasteiger partial charge in [0.05, 0.1) is 6.61 Å². The van der Waals surface area contributed by atoms with Crippen molar-refractivity contribution in [3.8, 4) is 0 Å². The largest absolute Gasteiger partial charge is 0.383 e. The third-order valence-corrected chi connectivity index (χ3v) is 3.13. The van der Waals surface area contributed by atoms with Crippen molar-refractivity contribution in [1.29, 1.82) is 0 Å². The Morgan fingerprint density at radius 2 is 2.21 bits per heavy atom. The Labute approximate surface area is 87.8 Å². The number of nitrogens with zero attached hydrogens (tertiary/aromatic N) is 1. The molecule has 3 heteroatoms. The summed E-state index contributed by atoms with van der Waals surface area (Å²) in [5.74, 6) is 0.816. The lowest BCUT2D eigenvalue weighted by molar-refractivity contribution is 0.0468. The fourth-order valence-corrected chi connectivity index (χ4v) is 2.28. The van der Waals surface area contributed by atoms with Gasteiger partial charge in [-0.05, 0) is 46.3 Å². The van der Waals surface area contributed by atoms with Crippen molar-refractivity contribution in [2.24, 2.45) is 5.92 Å². The maximum Gasteiger partial charge on any atom is 0.0641 e. The molecule has 0 saturated carbocycles. The molecule has 1 aliphatic heterocycles. The van der Waals surface area contributed by atoms with Gasteiger partial charge in [-0.2, -0.15) is 0 Å². The van der Waals surface area contributed by atoms with Crippen LogP contribution in [0.5, 0.6) is 0 Å². The van der Waals surface area contributed by atoms with Crippen molar-refractivity contribution in [3.63, 3.8) is 0 Å². The van der Waals surface area contributed by atoms with Crippen LogP contribution in [0.15, 0.2) is 0 Å². The summed E-state index contributed by atoms with van der Waals surface area (Å²) in [7, 11) is 3.81. The molecule has 84 valence electrons. The van der Waals surface area contributed by atoms with Gasteiger partial charge in [-0.3, -0.25) is 4.90 Å². The van der Waals surface area contributed by atoms with Crippen molar-refractivity contribution in [1.82, 2.24) is 10.2 Å². The van der Waals surface area contributed by atoms with Gasteiger partial charge in [-0.25, -0.2) is 0 Å². The summed E-state index contributed by atoms with van der Waals surface area (Å²) in [4.78, 5) is 2.54. The lowest BCUT2D eigenvalue weighted by Crippen LogP contribution is -2.46. The second-order valence-corrected chi connectivity index (χ2v) is 4.90. The summed E-state index contributed by atoms with van der Waals surface area (Å²) in [5.41, 5.74) is 0.192. The number of hydrogen-bond donors (Lipinski definition) is 1. The van der Waals surface area contributed by atoms with Gasteiger partial charge in [0, 0.05) is 19.2 Å². The second kappa shape index (κ2) is 5.10. The molecule has 0 bridgehead atoms. The summed E-state index contributed by atoms with van der Waals surface area (Å²) in [5, 5.41) is 3.26. The van der Waals surface area contributed by atoms with Gasteiger partial charge >= 0.3 is 0 Å². The first-order valence-electron chi connectivity index (χ1n) is 5.48. The molecule has 3 nitrogen and oxygen atoms in total. The zero-order valence-corrected chi connectivity index (χ0v) is 9.97. The van der Waals surface area contributed by atoms with Gasteiger partial charge < -0.3 is 10.1 Å². The van der Waals surface area contributed by atoms with Gasteiger partial charge in [0.15, 0.2) is 0 Å². The minimum Gasteiger partial charge on any atom is -0.383 e. The Kier molecular flexibility index (Phi) is 4.35.